The number of hydrogen-bond acceptors (Lipinski definition) is 4. The van der Waals surface area contributed by atoms with Crippen molar-refractivity contribution in [1.82, 2.24) is 25.1 Å². The van der Waals surface area contributed by atoms with Crippen LogP contribution in [0.4, 0.5) is 0 Å². The highest BCUT2D eigenvalue weighted by Gasteiger charge is 2.14. The van der Waals surface area contributed by atoms with Gasteiger partial charge in [0.15, 0.2) is 0 Å². The summed E-state index contributed by atoms with van der Waals surface area (Å²) in [6.45, 7) is 8.64. The quantitative estimate of drug-likeness (QED) is 0.885. The maximum atomic E-state index is 12.3. The predicted molar refractivity (Wildman–Crippen MR) is 84.5 cm³/mol. The van der Waals surface area contributed by atoms with Crippen LogP contribution < -0.4 is 5.32 Å². The van der Waals surface area contributed by atoms with E-state index in [2.05, 4.69) is 34.2 Å². The SMILES string of the molecule is Cc1nc(CC(C)C)cc(C(=O)NC(C)Cn2cccn2)n1. The van der Waals surface area contributed by atoms with Gasteiger partial charge in [0.05, 0.1) is 6.54 Å². The Bertz CT molecular complexity index is 621. The Morgan fingerprint density at radius 1 is 1.32 bits per heavy atom. The lowest BCUT2D eigenvalue weighted by Gasteiger charge is -2.14. The molecular formula is C16H23N5O. The first-order chi connectivity index (χ1) is 10.4. The number of carbonyl (C=O) groups is 1. The third-order valence-corrected chi connectivity index (χ3v) is 3.14. The van der Waals surface area contributed by atoms with E-state index in [4.69, 9.17) is 0 Å². The maximum Gasteiger partial charge on any atom is 0.270 e. The Morgan fingerprint density at radius 2 is 2.09 bits per heavy atom. The molecule has 6 heteroatoms. The largest absolute Gasteiger partial charge is 0.346 e. The van der Waals surface area contributed by atoms with Crippen LogP contribution in [0, 0.1) is 12.8 Å². The number of amides is 1. The van der Waals surface area contributed by atoms with Gasteiger partial charge in [-0.2, -0.15) is 5.10 Å². The number of rotatable bonds is 6. The number of aryl methyl sites for hydroxylation is 1. The van der Waals surface area contributed by atoms with Gasteiger partial charge in [0.2, 0.25) is 0 Å². The highest BCUT2D eigenvalue weighted by atomic mass is 16.1. The minimum absolute atomic E-state index is 0.0313. The lowest BCUT2D eigenvalue weighted by molar-refractivity contribution is 0.0930. The van der Waals surface area contributed by atoms with Crippen molar-refractivity contribution in [1.29, 1.82) is 0 Å². The lowest BCUT2D eigenvalue weighted by Crippen LogP contribution is -2.36. The van der Waals surface area contributed by atoms with Crippen molar-refractivity contribution < 1.29 is 4.79 Å². The normalized spacial score (nSPS) is 12.4. The van der Waals surface area contributed by atoms with Gasteiger partial charge in [0.1, 0.15) is 11.5 Å². The van der Waals surface area contributed by atoms with E-state index in [1.807, 2.05) is 26.1 Å². The number of hydrogen-bond donors (Lipinski definition) is 1. The van der Waals surface area contributed by atoms with Crippen molar-refractivity contribution in [2.45, 2.75) is 46.7 Å². The summed E-state index contributed by atoms with van der Waals surface area (Å²) in [5, 5.41) is 7.09. The maximum absolute atomic E-state index is 12.3. The van der Waals surface area contributed by atoms with Gasteiger partial charge in [0.25, 0.3) is 5.91 Å². The predicted octanol–water partition coefficient (Wildman–Crippen LogP) is 2.00. The van der Waals surface area contributed by atoms with Gasteiger partial charge in [-0.05, 0) is 38.3 Å². The first-order valence-corrected chi connectivity index (χ1v) is 7.57. The zero-order valence-corrected chi connectivity index (χ0v) is 13.6. The molecule has 0 radical (unpaired) electrons. The molecular weight excluding hydrogens is 278 g/mol. The molecule has 0 spiro atoms. The van der Waals surface area contributed by atoms with Crippen LogP contribution in [-0.4, -0.2) is 31.7 Å². The van der Waals surface area contributed by atoms with E-state index in [1.54, 1.807) is 16.9 Å². The van der Waals surface area contributed by atoms with Gasteiger partial charge in [-0.1, -0.05) is 13.8 Å². The molecule has 0 saturated carbocycles. The molecule has 1 amide bonds. The third-order valence-electron chi connectivity index (χ3n) is 3.14. The minimum atomic E-state index is -0.171. The fourth-order valence-electron chi connectivity index (χ4n) is 2.30. The Balaban J connectivity index is 2.03. The topological polar surface area (TPSA) is 72.7 Å². The molecule has 0 aromatic carbocycles. The van der Waals surface area contributed by atoms with E-state index in [1.165, 1.54) is 0 Å². The van der Waals surface area contributed by atoms with Crippen LogP contribution in [0.5, 0.6) is 0 Å². The second-order valence-corrected chi connectivity index (χ2v) is 5.99. The molecule has 1 unspecified atom stereocenters. The standard InChI is InChI=1S/C16H23N5O/c1-11(2)8-14-9-15(20-13(4)19-14)16(22)18-12(3)10-21-7-5-6-17-21/h5-7,9,11-12H,8,10H2,1-4H3,(H,18,22). The van der Waals surface area contributed by atoms with E-state index >= 15 is 0 Å². The monoisotopic (exact) mass is 301 g/mol. The molecule has 0 saturated heterocycles. The van der Waals surface area contributed by atoms with E-state index in [0.29, 0.717) is 24.0 Å². The molecule has 2 aromatic rings. The van der Waals surface area contributed by atoms with Crippen molar-refractivity contribution >= 4 is 5.91 Å². The molecule has 0 aliphatic heterocycles. The van der Waals surface area contributed by atoms with Crippen molar-refractivity contribution in [2.75, 3.05) is 0 Å². The van der Waals surface area contributed by atoms with E-state index in [9.17, 15) is 4.79 Å². The molecule has 0 aliphatic carbocycles. The van der Waals surface area contributed by atoms with Crippen molar-refractivity contribution in [3.05, 3.63) is 41.7 Å². The molecule has 2 aromatic heterocycles. The summed E-state index contributed by atoms with van der Waals surface area (Å²) in [5.74, 6) is 0.946. The molecule has 118 valence electrons. The molecule has 6 nitrogen and oxygen atoms in total. The van der Waals surface area contributed by atoms with Crippen LogP contribution in [-0.2, 0) is 13.0 Å². The van der Waals surface area contributed by atoms with Crippen LogP contribution >= 0.6 is 0 Å². The van der Waals surface area contributed by atoms with E-state index in [0.717, 1.165) is 12.1 Å². The van der Waals surface area contributed by atoms with Crippen LogP contribution in [0.15, 0.2) is 24.5 Å². The van der Waals surface area contributed by atoms with Crippen LogP contribution in [0.3, 0.4) is 0 Å². The molecule has 2 heterocycles. The fraction of sp³-hybridized carbons (Fsp3) is 0.500. The average molecular weight is 301 g/mol. The van der Waals surface area contributed by atoms with E-state index in [-0.39, 0.29) is 11.9 Å². The second kappa shape index (κ2) is 7.15. The zero-order valence-electron chi connectivity index (χ0n) is 13.6. The van der Waals surface area contributed by atoms with Gasteiger partial charge < -0.3 is 5.32 Å². The van der Waals surface area contributed by atoms with Crippen LogP contribution in [0.1, 0.15) is 42.8 Å². The first-order valence-electron chi connectivity index (χ1n) is 7.57. The first kappa shape index (κ1) is 16.1. The van der Waals surface area contributed by atoms with E-state index < -0.39 is 0 Å². The fourth-order valence-corrected chi connectivity index (χ4v) is 2.30. The van der Waals surface area contributed by atoms with Crippen molar-refractivity contribution in [3.63, 3.8) is 0 Å². The average Bonchev–Trinajstić information content (AvgIpc) is 2.89. The molecule has 0 fully saturated rings. The Kier molecular flexibility index (Phi) is 5.25. The number of nitrogens with one attached hydrogen (secondary N) is 1. The summed E-state index contributed by atoms with van der Waals surface area (Å²) in [6.07, 6.45) is 4.44. The Hall–Kier alpha value is -2.24. The van der Waals surface area contributed by atoms with Crippen LogP contribution in [0.2, 0.25) is 0 Å². The highest BCUT2D eigenvalue weighted by Crippen LogP contribution is 2.08. The summed E-state index contributed by atoms with van der Waals surface area (Å²) in [6, 6.07) is 3.61. The second-order valence-electron chi connectivity index (χ2n) is 5.99. The number of carbonyl (C=O) groups excluding carboxylic acids is 1. The van der Waals surface area contributed by atoms with Gasteiger partial charge >= 0.3 is 0 Å². The number of nitrogens with zero attached hydrogens (tertiary/aromatic N) is 4. The number of aromatic nitrogens is 4. The Morgan fingerprint density at radius 3 is 2.73 bits per heavy atom. The third kappa shape index (κ3) is 4.65. The summed E-state index contributed by atoms with van der Waals surface area (Å²) in [7, 11) is 0. The highest BCUT2D eigenvalue weighted by molar-refractivity contribution is 5.92. The van der Waals surface area contributed by atoms with Gasteiger partial charge in [-0.25, -0.2) is 9.97 Å². The van der Waals surface area contributed by atoms with Crippen molar-refractivity contribution in [3.8, 4) is 0 Å². The van der Waals surface area contributed by atoms with Crippen LogP contribution in [0.25, 0.3) is 0 Å². The minimum Gasteiger partial charge on any atom is -0.346 e. The van der Waals surface area contributed by atoms with Gasteiger partial charge in [-0.15, -0.1) is 0 Å². The summed E-state index contributed by atoms with van der Waals surface area (Å²) < 4.78 is 1.79. The molecule has 2 rings (SSSR count). The smallest absolute Gasteiger partial charge is 0.270 e. The molecule has 22 heavy (non-hydrogen) atoms. The summed E-state index contributed by atoms with van der Waals surface area (Å²) in [4.78, 5) is 21.0. The Labute approximate surface area is 131 Å². The molecule has 1 atom stereocenters. The van der Waals surface area contributed by atoms with Gasteiger partial charge in [0, 0.05) is 24.1 Å². The van der Waals surface area contributed by atoms with Gasteiger partial charge in [-0.3, -0.25) is 9.48 Å². The summed E-state index contributed by atoms with van der Waals surface area (Å²) >= 11 is 0. The molecule has 0 aliphatic rings. The summed E-state index contributed by atoms with van der Waals surface area (Å²) in [5.41, 5.74) is 1.34. The molecule has 0 bridgehead atoms. The lowest BCUT2D eigenvalue weighted by atomic mass is 10.1. The molecule has 1 N–H and O–H groups in total. The zero-order chi connectivity index (χ0) is 16.1. The van der Waals surface area contributed by atoms with Crippen molar-refractivity contribution in [2.24, 2.45) is 5.92 Å².